The van der Waals surface area contributed by atoms with Gasteiger partial charge in [0.05, 0.1) is 5.56 Å². The van der Waals surface area contributed by atoms with E-state index < -0.39 is 5.97 Å². The van der Waals surface area contributed by atoms with E-state index in [1.54, 1.807) is 6.07 Å². The summed E-state index contributed by atoms with van der Waals surface area (Å²) in [6, 6.07) is 14.0. The van der Waals surface area contributed by atoms with Crippen molar-refractivity contribution in [2.45, 2.75) is 38.1 Å². The van der Waals surface area contributed by atoms with Gasteiger partial charge in [-0.25, -0.2) is 4.79 Å². The Hall–Kier alpha value is -2.59. The number of fused-ring (bicyclic) bond motifs is 2. The number of hydrogen-bond acceptors (Lipinski definition) is 2. The number of carbonyl (C=O) groups is 1. The van der Waals surface area contributed by atoms with Crippen LogP contribution in [-0.2, 0) is 18.4 Å². The molecule has 1 unspecified atom stereocenters. The van der Waals surface area contributed by atoms with Crippen LogP contribution in [0.1, 0.15) is 46.8 Å². The molecule has 1 aromatic heterocycles. The molecule has 0 bridgehead atoms. The number of rotatable bonds is 6. The Kier molecular flexibility index (Phi) is 4.29. The highest BCUT2D eigenvalue weighted by molar-refractivity contribution is 5.88. The highest BCUT2D eigenvalue weighted by Gasteiger charge is 2.36. The van der Waals surface area contributed by atoms with Gasteiger partial charge in [0, 0.05) is 29.2 Å². The van der Waals surface area contributed by atoms with Crippen LogP contribution in [0.5, 0.6) is 0 Å². The third kappa shape index (κ3) is 2.80. The van der Waals surface area contributed by atoms with Gasteiger partial charge < -0.3 is 15.4 Å². The van der Waals surface area contributed by atoms with Crippen LogP contribution in [0.25, 0.3) is 10.9 Å². The minimum atomic E-state index is -0.853. The first-order valence-electron chi connectivity index (χ1n) is 9.30. The first-order chi connectivity index (χ1) is 12.6. The van der Waals surface area contributed by atoms with Crippen molar-refractivity contribution in [3.8, 4) is 0 Å². The van der Waals surface area contributed by atoms with Crippen molar-refractivity contribution in [2.24, 2.45) is 0 Å². The molecular formula is C22H24N2O2. The predicted octanol–water partition coefficient (Wildman–Crippen LogP) is 4.25. The van der Waals surface area contributed by atoms with Crippen molar-refractivity contribution in [1.82, 2.24) is 10.3 Å². The highest BCUT2D eigenvalue weighted by Crippen LogP contribution is 2.39. The first kappa shape index (κ1) is 16.9. The van der Waals surface area contributed by atoms with Gasteiger partial charge in [-0.15, -0.1) is 0 Å². The zero-order valence-electron chi connectivity index (χ0n) is 15.0. The Morgan fingerprint density at radius 2 is 2.12 bits per heavy atom. The van der Waals surface area contributed by atoms with Gasteiger partial charge in [0.15, 0.2) is 0 Å². The van der Waals surface area contributed by atoms with E-state index in [1.165, 1.54) is 27.6 Å². The first-order valence-corrected chi connectivity index (χ1v) is 9.30. The van der Waals surface area contributed by atoms with Crippen LogP contribution in [-0.4, -0.2) is 22.6 Å². The fourth-order valence-electron chi connectivity index (χ4n) is 4.33. The number of carboxylic acids is 1. The molecule has 4 heteroatoms. The van der Waals surface area contributed by atoms with Crippen LogP contribution in [0.3, 0.4) is 0 Å². The molecule has 1 aliphatic carbocycles. The Balaban J connectivity index is 1.51. The van der Waals surface area contributed by atoms with E-state index in [-0.39, 0.29) is 5.54 Å². The molecule has 26 heavy (non-hydrogen) atoms. The molecule has 0 radical (unpaired) electrons. The molecule has 0 spiro atoms. The van der Waals surface area contributed by atoms with E-state index >= 15 is 0 Å². The van der Waals surface area contributed by atoms with Gasteiger partial charge >= 0.3 is 5.97 Å². The lowest BCUT2D eigenvalue weighted by molar-refractivity contribution is 0.0696. The van der Waals surface area contributed by atoms with Crippen molar-refractivity contribution < 1.29 is 9.90 Å². The number of aryl methyl sites for hydroxylation is 1. The van der Waals surface area contributed by atoms with Gasteiger partial charge in [-0.1, -0.05) is 31.2 Å². The molecule has 134 valence electrons. The second-order valence-corrected chi connectivity index (χ2v) is 7.15. The van der Waals surface area contributed by atoms with E-state index in [1.807, 2.05) is 18.2 Å². The zero-order valence-corrected chi connectivity index (χ0v) is 15.0. The molecular weight excluding hydrogens is 324 g/mol. The van der Waals surface area contributed by atoms with Gasteiger partial charge in [0.1, 0.15) is 0 Å². The quantitative estimate of drug-likeness (QED) is 0.624. The van der Waals surface area contributed by atoms with E-state index in [9.17, 15) is 9.90 Å². The smallest absolute Gasteiger partial charge is 0.335 e. The molecule has 1 heterocycles. The molecule has 1 atom stereocenters. The maximum Gasteiger partial charge on any atom is 0.335 e. The molecule has 0 aliphatic heterocycles. The number of aromatic nitrogens is 1. The third-order valence-corrected chi connectivity index (χ3v) is 5.83. The minimum Gasteiger partial charge on any atom is -0.478 e. The number of benzene rings is 2. The normalized spacial score (nSPS) is 19.0. The molecule has 2 aromatic carbocycles. The fraction of sp³-hybridized carbons (Fsp3) is 0.318. The standard InChI is InChI=1S/C22H24N2O2/c1-2-22(11-9-15-13-16(21(25)26)7-8-19(15)22)24-12-10-17-14-23-20-6-4-3-5-18(17)20/h3-8,13-14,23-24H,2,9-12H2,1H3,(H,25,26). The Morgan fingerprint density at radius 3 is 2.92 bits per heavy atom. The Labute approximate surface area is 153 Å². The summed E-state index contributed by atoms with van der Waals surface area (Å²) in [5.74, 6) is -0.853. The van der Waals surface area contributed by atoms with Crippen molar-refractivity contribution >= 4 is 16.9 Å². The summed E-state index contributed by atoms with van der Waals surface area (Å²) in [5.41, 5.74) is 5.29. The van der Waals surface area contributed by atoms with E-state index in [4.69, 9.17) is 0 Å². The maximum atomic E-state index is 11.2. The lowest BCUT2D eigenvalue weighted by Gasteiger charge is -2.31. The lowest BCUT2D eigenvalue weighted by Crippen LogP contribution is -2.41. The van der Waals surface area contributed by atoms with Crippen molar-refractivity contribution in [2.75, 3.05) is 6.54 Å². The summed E-state index contributed by atoms with van der Waals surface area (Å²) in [6.07, 6.45) is 6.03. The van der Waals surface area contributed by atoms with Crippen LogP contribution in [0.15, 0.2) is 48.7 Å². The average Bonchev–Trinajstić information content (AvgIpc) is 3.24. The highest BCUT2D eigenvalue weighted by atomic mass is 16.4. The number of para-hydroxylation sites is 1. The average molecular weight is 348 g/mol. The molecule has 3 N–H and O–H groups in total. The number of aromatic carboxylic acids is 1. The SMILES string of the molecule is CCC1(NCCc2c[nH]c3ccccc23)CCc2cc(C(=O)O)ccc21. The largest absolute Gasteiger partial charge is 0.478 e. The number of aromatic amines is 1. The number of H-pyrrole nitrogens is 1. The summed E-state index contributed by atoms with van der Waals surface area (Å²) < 4.78 is 0. The van der Waals surface area contributed by atoms with Crippen LogP contribution in [0.4, 0.5) is 0 Å². The fourth-order valence-corrected chi connectivity index (χ4v) is 4.33. The molecule has 0 amide bonds. The van der Waals surface area contributed by atoms with Crippen molar-refractivity contribution in [3.63, 3.8) is 0 Å². The van der Waals surface area contributed by atoms with Gasteiger partial charge in [-0.3, -0.25) is 0 Å². The third-order valence-electron chi connectivity index (χ3n) is 5.83. The number of nitrogens with one attached hydrogen (secondary N) is 2. The second kappa shape index (κ2) is 6.61. The minimum absolute atomic E-state index is 0.0432. The Bertz CT molecular complexity index is 960. The lowest BCUT2D eigenvalue weighted by atomic mass is 9.88. The molecule has 1 aliphatic rings. The molecule has 0 fully saturated rings. The Morgan fingerprint density at radius 1 is 1.27 bits per heavy atom. The summed E-state index contributed by atoms with van der Waals surface area (Å²) in [5, 5.41) is 14.3. The second-order valence-electron chi connectivity index (χ2n) is 7.15. The summed E-state index contributed by atoms with van der Waals surface area (Å²) in [4.78, 5) is 14.6. The zero-order chi connectivity index (χ0) is 18.1. The topological polar surface area (TPSA) is 65.1 Å². The summed E-state index contributed by atoms with van der Waals surface area (Å²) in [7, 11) is 0. The van der Waals surface area contributed by atoms with Gasteiger partial charge in [0.25, 0.3) is 0 Å². The van der Waals surface area contributed by atoms with Crippen LogP contribution < -0.4 is 5.32 Å². The molecule has 0 saturated carbocycles. The molecule has 3 aromatic rings. The maximum absolute atomic E-state index is 11.2. The van der Waals surface area contributed by atoms with Crippen LogP contribution in [0.2, 0.25) is 0 Å². The van der Waals surface area contributed by atoms with Crippen LogP contribution in [0, 0.1) is 0 Å². The van der Waals surface area contributed by atoms with Gasteiger partial charge in [-0.2, -0.15) is 0 Å². The predicted molar refractivity (Wildman–Crippen MR) is 104 cm³/mol. The van der Waals surface area contributed by atoms with Gasteiger partial charge in [-0.05, 0) is 60.6 Å². The summed E-state index contributed by atoms with van der Waals surface area (Å²) in [6.45, 7) is 3.11. The van der Waals surface area contributed by atoms with Gasteiger partial charge in [0.2, 0.25) is 0 Å². The molecule has 4 nitrogen and oxygen atoms in total. The van der Waals surface area contributed by atoms with E-state index in [0.29, 0.717) is 5.56 Å². The molecule has 4 rings (SSSR count). The van der Waals surface area contributed by atoms with E-state index in [2.05, 4.69) is 41.6 Å². The molecule has 0 saturated heterocycles. The van der Waals surface area contributed by atoms with E-state index in [0.717, 1.165) is 32.2 Å². The van der Waals surface area contributed by atoms with Crippen molar-refractivity contribution in [3.05, 3.63) is 70.9 Å². The number of hydrogen-bond donors (Lipinski definition) is 3. The summed E-state index contributed by atoms with van der Waals surface area (Å²) >= 11 is 0. The number of carboxylic acid groups (broad SMARTS) is 1. The monoisotopic (exact) mass is 348 g/mol. The van der Waals surface area contributed by atoms with Crippen LogP contribution >= 0.6 is 0 Å². The van der Waals surface area contributed by atoms with Crippen molar-refractivity contribution in [1.29, 1.82) is 0 Å².